The van der Waals surface area contributed by atoms with Crippen LogP contribution in [-0.2, 0) is 4.84 Å². The number of furan rings is 1. The Bertz CT molecular complexity index is 1110. The Morgan fingerprint density at radius 3 is 2.68 bits per heavy atom. The molecule has 0 fully saturated rings. The zero-order chi connectivity index (χ0) is 18.6. The lowest BCUT2D eigenvalue weighted by Crippen LogP contribution is -2.07. The maximum absolute atomic E-state index is 5.51. The number of hydrogen-bond acceptors (Lipinski definition) is 6. The predicted molar refractivity (Wildman–Crippen MR) is 116 cm³/mol. The lowest BCUT2D eigenvalue weighted by molar-refractivity contribution is 0.152. The van der Waals surface area contributed by atoms with Crippen molar-refractivity contribution in [2.75, 3.05) is 18.5 Å². The molecule has 0 aliphatic rings. The van der Waals surface area contributed by atoms with Crippen LogP contribution in [0.2, 0.25) is 0 Å². The number of halogens is 1. The Kier molecular flexibility index (Phi) is 6.13. The lowest BCUT2D eigenvalue weighted by atomic mass is 10.1. The van der Waals surface area contributed by atoms with Crippen LogP contribution < -0.4 is 11.1 Å². The van der Waals surface area contributed by atoms with Crippen LogP contribution in [0.4, 0.5) is 11.4 Å². The number of benzene rings is 2. The zero-order valence-electron chi connectivity index (χ0n) is 15.4. The number of hydrogen-bond donors (Lipinski definition) is 2. The highest BCUT2D eigenvalue weighted by molar-refractivity contribution is 6.07. The molecule has 28 heavy (non-hydrogen) atoms. The number of rotatable bonds is 6. The molecule has 0 saturated heterocycles. The number of nitrogens with two attached hydrogens (primary N) is 1. The van der Waals surface area contributed by atoms with Gasteiger partial charge in [0.1, 0.15) is 6.61 Å². The summed E-state index contributed by atoms with van der Waals surface area (Å²) in [6.07, 6.45) is 1.66. The summed E-state index contributed by atoms with van der Waals surface area (Å²) in [6, 6.07) is 18.0. The fourth-order valence-electron chi connectivity index (χ4n) is 2.94. The van der Waals surface area contributed by atoms with Crippen molar-refractivity contribution >= 4 is 51.5 Å². The SMILES string of the molecule is C/C(=N\OCCN)c1ccc(Nc2c3ccccc3nc3occc23)cc1.Cl. The summed E-state index contributed by atoms with van der Waals surface area (Å²) in [5.41, 5.74) is 10.7. The summed E-state index contributed by atoms with van der Waals surface area (Å²) >= 11 is 0. The summed E-state index contributed by atoms with van der Waals surface area (Å²) in [4.78, 5) is 9.71. The van der Waals surface area contributed by atoms with E-state index in [1.54, 1.807) is 6.26 Å². The molecule has 0 unspecified atom stereocenters. The Labute approximate surface area is 168 Å². The minimum Gasteiger partial charge on any atom is -0.446 e. The number of nitrogens with one attached hydrogen (secondary N) is 1. The van der Waals surface area contributed by atoms with E-state index in [-0.39, 0.29) is 12.4 Å². The van der Waals surface area contributed by atoms with E-state index >= 15 is 0 Å². The zero-order valence-corrected chi connectivity index (χ0v) is 16.2. The van der Waals surface area contributed by atoms with Crippen molar-refractivity contribution in [2.45, 2.75) is 6.92 Å². The number of anilines is 2. The number of oxime groups is 1. The topological polar surface area (TPSA) is 85.7 Å². The molecule has 0 atom stereocenters. The first-order valence-corrected chi connectivity index (χ1v) is 8.76. The van der Waals surface area contributed by atoms with Gasteiger partial charge in [0.05, 0.1) is 28.6 Å². The van der Waals surface area contributed by atoms with Gasteiger partial charge >= 0.3 is 0 Å². The van der Waals surface area contributed by atoms with Gasteiger partial charge in [-0.3, -0.25) is 0 Å². The van der Waals surface area contributed by atoms with E-state index in [4.69, 9.17) is 15.0 Å². The van der Waals surface area contributed by atoms with Crippen molar-refractivity contribution in [3.8, 4) is 0 Å². The molecular weight excluding hydrogens is 376 g/mol. The van der Waals surface area contributed by atoms with Gasteiger partial charge in [0, 0.05) is 17.6 Å². The number of pyridine rings is 1. The van der Waals surface area contributed by atoms with Gasteiger partial charge in [-0.05, 0) is 36.8 Å². The largest absolute Gasteiger partial charge is 0.446 e. The van der Waals surface area contributed by atoms with Crippen molar-refractivity contribution in [1.82, 2.24) is 4.98 Å². The van der Waals surface area contributed by atoms with Crippen LogP contribution in [0.15, 0.2) is 70.4 Å². The summed E-state index contributed by atoms with van der Waals surface area (Å²) in [7, 11) is 0. The minimum atomic E-state index is 0. The van der Waals surface area contributed by atoms with Crippen LogP contribution in [0.1, 0.15) is 12.5 Å². The molecule has 0 aliphatic carbocycles. The second kappa shape index (κ2) is 8.73. The van der Waals surface area contributed by atoms with Crippen LogP contribution in [-0.4, -0.2) is 23.8 Å². The third-order valence-electron chi connectivity index (χ3n) is 4.29. The molecule has 0 aliphatic heterocycles. The maximum atomic E-state index is 5.51. The van der Waals surface area contributed by atoms with Gasteiger partial charge in [-0.1, -0.05) is 35.5 Å². The summed E-state index contributed by atoms with van der Waals surface area (Å²) in [5.74, 6) is 0. The van der Waals surface area contributed by atoms with Gasteiger partial charge < -0.3 is 20.3 Å². The maximum Gasteiger partial charge on any atom is 0.228 e. The van der Waals surface area contributed by atoms with E-state index in [0.717, 1.165) is 38.9 Å². The quantitative estimate of drug-likeness (QED) is 0.276. The summed E-state index contributed by atoms with van der Waals surface area (Å²) in [6.45, 7) is 2.76. The van der Waals surface area contributed by atoms with E-state index < -0.39 is 0 Å². The van der Waals surface area contributed by atoms with Gasteiger partial charge in [-0.15, -0.1) is 12.4 Å². The molecule has 2 heterocycles. The fourth-order valence-corrected chi connectivity index (χ4v) is 2.94. The summed E-state index contributed by atoms with van der Waals surface area (Å²) < 4.78 is 5.51. The van der Waals surface area contributed by atoms with Gasteiger partial charge in [0.2, 0.25) is 5.71 Å². The molecule has 0 radical (unpaired) electrons. The molecule has 6 nitrogen and oxygen atoms in total. The fraction of sp³-hybridized carbons (Fsp3) is 0.143. The van der Waals surface area contributed by atoms with Crippen LogP contribution in [0.25, 0.3) is 22.0 Å². The van der Waals surface area contributed by atoms with Gasteiger partial charge in [0.15, 0.2) is 0 Å². The summed E-state index contributed by atoms with van der Waals surface area (Å²) in [5, 5.41) is 9.57. The van der Waals surface area contributed by atoms with Gasteiger partial charge in [0.25, 0.3) is 0 Å². The monoisotopic (exact) mass is 396 g/mol. The highest BCUT2D eigenvalue weighted by Gasteiger charge is 2.11. The first-order chi connectivity index (χ1) is 13.3. The molecule has 3 N–H and O–H groups in total. The van der Waals surface area contributed by atoms with Crippen molar-refractivity contribution in [2.24, 2.45) is 10.9 Å². The number of fused-ring (bicyclic) bond motifs is 2. The van der Waals surface area contributed by atoms with E-state index in [1.165, 1.54) is 0 Å². The molecule has 7 heteroatoms. The minimum absolute atomic E-state index is 0. The first kappa shape index (κ1) is 19.7. The lowest BCUT2D eigenvalue weighted by Gasteiger charge is -2.11. The van der Waals surface area contributed by atoms with Gasteiger partial charge in [-0.2, -0.15) is 0 Å². The predicted octanol–water partition coefficient (Wildman–Crippen LogP) is 4.85. The van der Waals surface area contributed by atoms with E-state index in [1.807, 2.05) is 55.5 Å². The average Bonchev–Trinajstić information content (AvgIpc) is 3.17. The third kappa shape index (κ3) is 3.93. The van der Waals surface area contributed by atoms with Crippen molar-refractivity contribution in [3.63, 3.8) is 0 Å². The molecule has 4 aromatic rings. The molecular formula is C21H21ClN4O2. The van der Waals surface area contributed by atoms with E-state index in [2.05, 4.69) is 21.5 Å². The Morgan fingerprint density at radius 1 is 1.11 bits per heavy atom. The molecule has 0 spiro atoms. The van der Waals surface area contributed by atoms with Gasteiger partial charge in [-0.25, -0.2) is 4.98 Å². The molecule has 144 valence electrons. The number of nitrogens with zero attached hydrogens (tertiary/aromatic N) is 2. The molecule has 0 saturated carbocycles. The highest BCUT2D eigenvalue weighted by Crippen LogP contribution is 2.33. The molecule has 2 aromatic carbocycles. The van der Waals surface area contributed by atoms with E-state index in [0.29, 0.717) is 18.9 Å². The first-order valence-electron chi connectivity index (χ1n) is 8.76. The number of aromatic nitrogens is 1. The third-order valence-corrected chi connectivity index (χ3v) is 4.29. The smallest absolute Gasteiger partial charge is 0.228 e. The Hall–Kier alpha value is -3.09. The van der Waals surface area contributed by atoms with Crippen LogP contribution >= 0.6 is 12.4 Å². The van der Waals surface area contributed by atoms with Crippen molar-refractivity contribution in [1.29, 1.82) is 0 Å². The highest BCUT2D eigenvalue weighted by atomic mass is 35.5. The van der Waals surface area contributed by atoms with Crippen LogP contribution in [0.3, 0.4) is 0 Å². The molecule has 0 amide bonds. The second-order valence-electron chi connectivity index (χ2n) is 6.14. The molecule has 4 rings (SSSR count). The average molecular weight is 397 g/mol. The Morgan fingerprint density at radius 2 is 1.89 bits per heavy atom. The second-order valence-corrected chi connectivity index (χ2v) is 6.14. The normalized spacial score (nSPS) is 11.4. The van der Waals surface area contributed by atoms with Crippen LogP contribution in [0.5, 0.6) is 0 Å². The number of para-hydroxylation sites is 1. The van der Waals surface area contributed by atoms with Crippen molar-refractivity contribution in [3.05, 3.63) is 66.4 Å². The van der Waals surface area contributed by atoms with Crippen LogP contribution in [0, 0.1) is 0 Å². The standard InChI is InChI=1S/C21H20N4O2.ClH/c1-14(25-27-13-11-22)15-6-8-16(9-7-15)23-20-17-4-2-3-5-19(17)24-21-18(20)10-12-26-21;/h2-10,12H,11,13,22H2,1H3,(H,23,24);1H/b25-14+;. The van der Waals surface area contributed by atoms with E-state index in [9.17, 15) is 0 Å². The Balaban J connectivity index is 0.00000225. The molecule has 0 bridgehead atoms. The van der Waals surface area contributed by atoms with Crippen molar-refractivity contribution < 1.29 is 9.25 Å². The molecule has 2 aromatic heterocycles.